The topological polar surface area (TPSA) is 21.1 Å². The molecule has 0 amide bonds. The molecule has 1 aliphatic carbocycles. The van der Waals surface area contributed by atoms with Gasteiger partial charge >= 0.3 is 0 Å². The molecule has 1 saturated heterocycles. The first-order chi connectivity index (χ1) is 10.3. The Morgan fingerprint density at radius 3 is 2.81 bits per heavy atom. The zero-order chi connectivity index (χ0) is 14.4. The van der Waals surface area contributed by atoms with Crippen molar-refractivity contribution in [3.63, 3.8) is 0 Å². The summed E-state index contributed by atoms with van der Waals surface area (Å²) in [5.41, 5.74) is 2.08. The van der Waals surface area contributed by atoms with Gasteiger partial charge < -0.3 is 4.57 Å². The number of hydrogen-bond acceptors (Lipinski definition) is 2. The van der Waals surface area contributed by atoms with E-state index in [1.54, 1.807) is 0 Å². The van der Waals surface area contributed by atoms with Crippen LogP contribution in [0.3, 0.4) is 0 Å². The number of halogens is 2. The molecule has 4 rings (SSSR count). The van der Waals surface area contributed by atoms with E-state index in [2.05, 4.69) is 15.5 Å². The van der Waals surface area contributed by atoms with Crippen molar-refractivity contribution in [2.24, 2.45) is 0 Å². The molecule has 1 aliphatic heterocycles. The normalized spacial score (nSPS) is 23.2. The molecule has 112 valence electrons. The summed E-state index contributed by atoms with van der Waals surface area (Å²) in [6, 6.07) is 7.40. The van der Waals surface area contributed by atoms with Crippen molar-refractivity contribution in [3.05, 3.63) is 29.0 Å². The predicted octanol–water partition coefficient (Wildman–Crippen LogP) is 3.88. The van der Waals surface area contributed by atoms with Crippen molar-refractivity contribution in [1.29, 1.82) is 0 Å². The van der Waals surface area contributed by atoms with E-state index in [9.17, 15) is 0 Å². The Balaban J connectivity index is 1.75. The lowest BCUT2D eigenvalue weighted by Gasteiger charge is -2.18. The average molecular weight is 324 g/mol. The molecule has 21 heavy (non-hydrogen) atoms. The maximum atomic E-state index is 6.32. The molecule has 2 fully saturated rings. The number of fused-ring (bicyclic) bond motifs is 1. The first kappa shape index (κ1) is 13.9. The number of rotatable bonds is 4. The Morgan fingerprint density at radius 1 is 1.19 bits per heavy atom. The van der Waals surface area contributed by atoms with Crippen LogP contribution in [0.5, 0.6) is 0 Å². The van der Waals surface area contributed by atoms with E-state index in [0.29, 0.717) is 11.9 Å². The van der Waals surface area contributed by atoms with Crippen molar-refractivity contribution in [1.82, 2.24) is 14.5 Å². The number of alkyl halides is 1. The minimum absolute atomic E-state index is 0.507. The van der Waals surface area contributed by atoms with E-state index in [4.69, 9.17) is 28.2 Å². The van der Waals surface area contributed by atoms with Gasteiger partial charge in [0, 0.05) is 37.5 Å². The van der Waals surface area contributed by atoms with Gasteiger partial charge in [-0.25, -0.2) is 4.98 Å². The lowest BCUT2D eigenvalue weighted by atomic mass is 10.2. The minimum Gasteiger partial charge on any atom is -0.323 e. The molecule has 0 radical (unpaired) electrons. The third kappa shape index (κ3) is 2.45. The fourth-order valence-corrected chi connectivity index (χ4v) is 3.93. The maximum absolute atomic E-state index is 6.32. The average Bonchev–Trinajstić information content (AvgIpc) is 3.09. The predicted molar refractivity (Wildman–Crippen MR) is 87.4 cm³/mol. The van der Waals surface area contributed by atoms with Gasteiger partial charge in [-0.15, -0.1) is 11.6 Å². The second kappa shape index (κ2) is 5.45. The van der Waals surface area contributed by atoms with Crippen molar-refractivity contribution in [2.75, 3.05) is 19.0 Å². The minimum atomic E-state index is 0.507. The van der Waals surface area contributed by atoms with E-state index in [0.717, 1.165) is 40.9 Å². The second-order valence-electron chi connectivity index (χ2n) is 6.11. The highest BCUT2D eigenvalue weighted by Crippen LogP contribution is 2.36. The first-order valence-electron chi connectivity index (χ1n) is 7.73. The van der Waals surface area contributed by atoms with Crippen LogP contribution in [0.1, 0.15) is 31.1 Å². The molecule has 3 nitrogen and oxygen atoms in total. The number of benzene rings is 1. The van der Waals surface area contributed by atoms with Gasteiger partial charge in [0.25, 0.3) is 0 Å². The molecule has 2 aromatic rings. The Hall–Kier alpha value is -0.770. The lowest BCUT2D eigenvalue weighted by molar-refractivity contribution is 0.314. The summed E-state index contributed by atoms with van der Waals surface area (Å²) < 4.78 is 2.39. The third-order valence-electron chi connectivity index (χ3n) is 4.69. The van der Waals surface area contributed by atoms with Gasteiger partial charge in [0.2, 0.25) is 0 Å². The van der Waals surface area contributed by atoms with Crippen LogP contribution >= 0.6 is 23.2 Å². The quantitative estimate of drug-likeness (QED) is 0.796. The Bertz CT molecular complexity index is 663. The highest BCUT2D eigenvalue weighted by atomic mass is 35.5. The van der Waals surface area contributed by atoms with E-state index in [-0.39, 0.29) is 0 Å². The fraction of sp³-hybridized carbons (Fsp3) is 0.562. The monoisotopic (exact) mass is 323 g/mol. The SMILES string of the molecule is ClCCc1nc2c(Cl)cccc2n1C1CCN(C2CC2)C1. The van der Waals surface area contributed by atoms with E-state index >= 15 is 0 Å². The summed E-state index contributed by atoms with van der Waals surface area (Å²) >= 11 is 12.3. The maximum Gasteiger partial charge on any atom is 0.111 e. The first-order valence-corrected chi connectivity index (χ1v) is 8.64. The molecule has 1 aromatic carbocycles. The summed E-state index contributed by atoms with van der Waals surface area (Å²) in [5, 5.41) is 0.735. The molecule has 0 bridgehead atoms. The molecule has 1 unspecified atom stereocenters. The summed E-state index contributed by atoms with van der Waals surface area (Å²) in [4.78, 5) is 7.39. The summed E-state index contributed by atoms with van der Waals surface area (Å²) in [5.74, 6) is 1.68. The zero-order valence-corrected chi connectivity index (χ0v) is 13.4. The number of likely N-dealkylation sites (tertiary alicyclic amines) is 1. The van der Waals surface area contributed by atoms with Gasteiger partial charge in [-0.05, 0) is 31.4 Å². The Morgan fingerprint density at radius 2 is 2.05 bits per heavy atom. The zero-order valence-electron chi connectivity index (χ0n) is 11.9. The summed E-state index contributed by atoms with van der Waals surface area (Å²) in [6.45, 7) is 2.34. The molecule has 1 saturated carbocycles. The largest absolute Gasteiger partial charge is 0.323 e. The second-order valence-corrected chi connectivity index (χ2v) is 6.90. The Labute approximate surface area is 134 Å². The van der Waals surface area contributed by atoms with Crippen LogP contribution in [-0.4, -0.2) is 39.5 Å². The molecule has 1 aromatic heterocycles. The number of aryl methyl sites for hydroxylation is 1. The van der Waals surface area contributed by atoms with Crippen molar-refractivity contribution in [3.8, 4) is 0 Å². The van der Waals surface area contributed by atoms with Crippen LogP contribution in [0.2, 0.25) is 5.02 Å². The smallest absolute Gasteiger partial charge is 0.111 e. The van der Waals surface area contributed by atoms with Crippen molar-refractivity contribution < 1.29 is 0 Å². The van der Waals surface area contributed by atoms with Crippen LogP contribution in [0.15, 0.2) is 18.2 Å². The molecule has 2 heterocycles. The molecule has 0 N–H and O–H groups in total. The number of nitrogens with zero attached hydrogens (tertiary/aromatic N) is 3. The van der Waals surface area contributed by atoms with Gasteiger partial charge in [0.1, 0.15) is 11.3 Å². The van der Waals surface area contributed by atoms with Gasteiger partial charge in [0.15, 0.2) is 0 Å². The highest BCUT2D eigenvalue weighted by Gasteiger charge is 2.36. The van der Waals surface area contributed by atoms with E-state index in [1.807, 2.05) is 12.1 Å². The summed E-state index contributed by atoms with van der Waals surface area (Å²) in [6.07, 6.45) is 4.74. The fourth-order valence-electron chi connectivity index (χ4n) is 3.55. The number of hydrogen-bond donors (Lipinski definition) is 0. The number of imidazole rings is 1. The van der Waals surface area contributed by atoms with Gasteiger partial charge in [-0.1, -0.05) is 17.7 Å². The van der Waals surface area contributed by atoms with E-state index < -0.39 is 0 Å². The highest BCUT2D eigenvalue weighted by molar-refractivity contribution is 6.34. The van der Waals surface area contributed by atoms with Crippen molar-refractivity contribution in [2.45, 2.75) is 37.8 Å². The van der Waals surface area contributed by atoms with Gasteiger partial charge in [-0.2, -0.15) is 0 Å². The molecule has 1 atom stereocenters. The van der Waals surface area contributed by atoms with Gasteiger partial charge in [0.05, 0.1) is 10.5 Å². The van der Waals surface area contributed by atoms with Gasteiger partial charge in [-0.3, -0.25) is 4.90 Å². The molecule has 5 heteroatoms. The Kier molecular flexibility index (Phi) is 3.60. The van der Waals surface area contributed by atoms with Crippen LogP contribution < -0.4 is 0 Å². The summed E-state index contributed by atoms with van der Waals surface area (Å²) in [7, 11) is 0. The third-order valence-corrected chi connectivity index (χ3v) is 5.18. The van der Waals surface area contributed by atoms with Crippen LogP contribution in [0.25, 0.3) is 11.0 Å². The molecule has 0 spiro atoms. The van der Waals surface area contributed by atoms with Crippen LogP contribution in [0.4, 0.5) is 0 Å². The van der Waals surface area contributed by atoms with Crippen LogP contribution in [0, 0.1) is 0 Å². The van der Waals surface area contributed by atoms with Crippen LogP contribution in [-0.2, 0) is 6.42 Å². The van der Waals surface area contributed by atoms with Crippen molar-refractivity contribution >= 4 is 34.2 Å². The number of aromatic nitrogens is 2. The van der Waals surface area contributed by atoms with E-state index in [1.165, 1.54) is 25.8 Å². The number of para-hydroxylation sites is 1. The molecular formula is C16H19Cl2N3. The molecular weight excluding hydrogens is 305 g/mol. The molecule has 2 aliphatic rings. The standard InChI is InChI=1S/C16H19Cl2N3/c17-8-6-15-19-16-13(18)2-1-3-14(16)21(15)12-7-9-20(10-12)11-4-5-11/h1-3,11-12H,4-10H2. The lowest BCUT2D eigenvalue weighted by Crippen LogP contribution is -2.24.